The van der Waals surface area contributed by atoms with Crippen LogP contribution in [0.2, 0.25) is 5.02 Å². The van der Waals surface area contributed by atoms with E-state index in [1.54, 1.807) is 36.4 Å². The third-order valence-corrected chi connectivity index (χ3v) is 5.25. The molecule has 0 amide bonds. The molecule has 5 atom stereocenters. The average Bonchev–Trinajstić information content (AvgIpc) is 2.93. The number of aliphatic carboxylic acids is 1. The summed E-state index contributed by atoms with van der Waals surface area (Å²) in [4.78, 5) is 10.4. The molecule has 0 saturated heterocycles. The Balaban J connectivity index is 0.00000450. The van der Waals surface area contributed by atoms with Crippen molar-refractivity contribution >= 4 is 17.6 Å². The largest absolute Gasteiger partial charge is 1.00 e. The molecule has 160 valence electrons. The first kappa shape index (κ1) is 27.2. The standard InChI is InChI=1S/C22H29ClO6.Na/c23-15-6-5-7-17(12-15)29-14-16(24)10-11-19-18(20(25)13-21(19)26)8-3-1-2-4-9-22(27)28;/h1,3,5-7,10-12,16,18-21,24-26H,2,4,8-9,13-14H2,(H,27,28);/q;+1/p-1/b3-1-,11-10+;/t16-,18-,19-,20+,21-;/m0./s1. The molecule has 30 heavy (non-hydrogen) atoms. The van der Waals surface area contributed by atoms with Gasteiger partial charge in [0, 0.05) is 23.3 Å². The Labute approximate surface area is 204 Å². The van der Waals surface area contributed by atoms with Crippen LogP contribution >= 0.6 is 11.6 Å². The van der Waals surface area contributed by atoms with Gasteiger partial charge in [-0.05, 0) is 49.8 Å². The van der Waals surface area contributed by atoms with Crippen LogP contribution in [0.25, 0.3) is 0 Å². The van der Waals surface area contributed by atoms with Crippen LogP contribution in [0, 0.1) is 11.8 Å². The molecule has 0 aliphatic heterocycles. The first-order valence-corrected chi connectivity index (χ1v) is 10.2. The van der Waals surface area contributed by atoms with Crippen LogP contribution in [-0.4, -0.2) is 46.2 Å². The summed E-state index contributed by atoms with van der Waals surface area (Å²) < 4.78 is 5.50. The molecule has 1 aromatic rings. The Kier molecular flexibility index (Phi) is 12.9. The minimum Gasteiger partial charge on any atom is -0.550 e. The molecular weight excluding hydrogens is 419 g/mol. The van der Waals surface area contributed by atoms with E-state index < -0.39 is 24.3 Å². The summed E-state index contributed by atoms with van der Waals surface area (Å²) in [7, 11) is 0. The van der Waals surface area contributed by atoms with Crippen molar-refractivity contribution in [1.29, 1.82) is 0 Å². The van der Waals surface area contributed by atoms with Gasteiger partial charge in [0.05, 0.1) is 12.2 Å². The monoisotopic (exact) mass is 446 g/mol. The SMILES string of the molecule is O=C([O-])CCC/C=C\C[C@H]1[C@H](/C=C/[C@H](O)COc2cccc(Cl)c2)[C@@H](O)C[C@H]1O.[Na+]. The van der Waals surface area contributed by atoms with Gasteiger partial charge < -0.3 is 30.0 Å². The predicted octanol–water partition coefficient (Wildman–Crippen LogP) is -1.14. The molecule has 6 nitrogen and oxygen atoms in total. The number of halogens is 1. The zero-order valence-corrected chi connectivity index (χ0v) is 19.9. The Bertz CT molecular complexity index is 711. The number of unbranched alkanes of at least 4 members (excludes halogenated alkanes) is 1. The second-order valence-electron chi connectivity index (χ2n) is 7.30. The molecule has 3 N–H and O–H groups in total. The van der Waals surface area contributed by atoms with Gasteiger partial charge in [0.2, 0.25) is 0 Å². The number of aliphatic hydroxyl groups excluding tert-OH is 3. The average molecular weight is 447 g/mol. The summed E-state index contributed by atoms with van der Waals surface area (Å²) in [5.41, 5.74) is 0. The normalized spacial score (nSPS) is 24.8. The molecule has 1 saturated carbocycles. The number of allylic oxidation sites excluding steroid dienone is 2. The van der Waals surface area contributed by atoms with Gasteiger partial charge in [0.25, 0.3) is 0 Å². The number of hydrogen-bond acceptors (Lipinski definition) is 6. The third-order valence-electron chi connectivity index (χ3n) is 5.01. The van der Waals surface area contributed by atoms with Crippen LogP contribution in [0.4, 0.5) is 0 Å². The molecule has 0 radical (unpaired) electrons. The summed E-state index contributed by atoms with van der Waals surface area (Å²) in [6.45, 7) is 0.0468. The molecule has 1 aliphatic carbocycles. The van der Waals surface area contributed by atoms with Gasteiger partial charge in [0.15, 0.2) is 0 Å². The van der Waals surface area contributed by atoms with Crippen LogP contribution in [0.5, 0.6) is 5.75 Å². The van der Waals surface area contributed by atoms with Crippen molar-refractivity contribution in [1.82, 2.24) is 0 Å². The number of benzene rings is 1. The van der Waals surface area contributed by atoms with E-state index in [4.69, 9.17) is 16.3 Å². The molecule has 0 bridgehead atoms. The first-order chi connectivity index (χ1) is 13.9. The molecule has 1 aliphatic rings. The van der Waals surface area contributed by atoms with Crippen molar-refractivity contribution in [2.24, 2.45) is 11.8 Å². The number of carbonyl (C=O) groups excluding carboxylic acids is 1. The van der Waals surface area contributed by atoms with E-state index in [1.165, 1.54) is 0 Å². The van der Waals surface area contributed by atoms with Gasteiger partial charge in [-0.15, -0.1) is 0 Å². The third kappa shape index (κ3) is 9.52. The van der Waals surface area contributed by atoms with Crippen LogP contribution in [0.3, 0.4) is 0 Å². The van der Waals surface area contributed by atoms with Gasteiger partial charge in [-0.25, -0.2) is 0 Å². The molecule has 2 rings (SSSR count). The number of carboxylic acid groups (broad SMARTS) is 1. The Hall–Kier alpha value is -0.860. The van der Waals surface area contributed by atoms with E-state index in [0.29, 0.717) is 30.0 Å². The van der Waals surface area contributed by atoms with E-state index >= 15 is 0 Å². The van der Waals surface area contributed by atoms with Crippen LogP contribution in [-0.2, 0) is 4.79 Å². The van der Waals surface area contributed by atoms with Gasteiger partial charge in [-0.1, -0.05) is 42.0 Å². The van der Waals surface area contributed by atoms with Crippen molar-refractivity contribution in [2.75, 3.05) is 6.61 Å². The van der Waals surface area contributed by atoms with Gasteiger partial charge in [-0.2, -0.15) is 0 Å². The molecule has 0 aromatic heterocycles. The van der Waals surface area contributed by atoms with Gasteiger partial charge in [0.1, 0.15) is 18.5 Å². The summed E-state index contributed by atoms with van der Waals surface area (Å²) in [5.74, 6) is -0.947. The van der Waals surface area contributed by atoms with Crippen molar-refractivity contribution in [2.45, 2.75) is 50.4 Å². The van der Waals surface area contributed by atoms with Crippen molar-refractivity contribution < 1.29 is 59.5 Å². The number of carbonyl (C=O) groups is 1. The number of ether oxygens (including phenoxy) is 1. The Morgan fingerprint density at radius 1 is 1.30 bits per heavy atom. The zero-order chi connectivity index (χ0) is 21.2. The number of hydrogen-bond donors (Lipinski definition) is 3. The second-order valence-corrected chi connectivity index (χ2v) is 7.74. The van der Waals surface area contributed by atoms with E-state index in [-0.39, 0.29) is 60.8 Å². The molecule has 8 heteroatoms. The van der Waals surface area contributed by atoms with E-state index in [9.17, 15) is 25.2 Å². The van der Waals surface area contributed by atoms with Crippen LogP contribution < -0.4 is 39.4 Å². The summed E-state index contributed by atoms with van der Waals surface area (Å²) in [5, 5.41) is 41.6. The molecule has 0 spiro atoms. The van der Waals surface area contributed by atoms with Crippen LogP contribution in [0.1, 0.15) is 32.1 Å². The molecular formula is C22H28ClNaO6. The van der Waals surface area contributed by atoms with Gasteiger partial charge >= 0.3 is 29.6 Å². The number of rotatable bonds is 11. The first-order valence-electron chi connectivity index (χ1n) is 9.82. The molecule has 0 unspecified atom stereocenters. The van der Waals surface area contributed by atoms with E-state index in [2.05, 4.69) is 0 Å². The fourth-order valence-corrected chi connectivity index (χ4v) is 3.67. The quantitative estimate of drug-likeness (QED) is 0.225. The second kappa shape index (κ2) is 14.2. The minimum atomic E-state index is -1.06. The Morgan fingerprint density at radius 2 is 2.07 bits per heavy atom. The fraction of sp³-hybridized carbons (Fsp3) is 0.500. The maximum Gasteiger partial charge on any atom is 1.00 e. The zero-order valence-electron chi connectivity index (χ0n) is 17.2. The van der Waals surface area contributed by atoms with E-state index in [0.717, 1.165) is 0 Å². The van der Waals surface area contributed by atoms with Crippen molar-refractivity contribution in [3.05, 3.63) is 53.6 Å². The number of carboxylic acids is 1. The smallest absolute Gasteiger partial charge is 0.550 e. The van der Waals surface area contributed by atoms with Gasteiger partial charge in [-0.3, -0.25) is 0 Å². The van der Waals surface area contributed by atoms with Crippen molar-refractivity contribution in [3.63, 3.8) is 0 Å². The number of aliphatic hydroxyl groups is 3. The minimum absolute atomic E-state index is 0. The molecule has 1 aromatic carbocycles. The fourth-order valence-electron chi connectivity index (χ4n) is 3.49. The molecule has 0 heterocycles. The topological polar surface area (TPSA) is 110 Å². The summed E-state index contributed by atoms with van der Waals surface area (Å²) in [6, 6.07) is 6.89. The van der Waals surface area contributed by atoms with Crippen LogP contribution in [0.15, 0.2) is 48.6 Å². The maximum absolute atomic E-state index is 10.4. The van der Waals surface area contributed by atoms with E-state index in [1.807, 2.05) is 12.2 Å². The van der Waals surface area contributed by atoms with Crippen molar-refractivity contribution in [3.8, 4) is 5.75 Å². The summed E-state index contributed by atoms with van der Waals surface area (Å²) in [6.07, 6.45) is 6.93. The maximum atomic E-state index is 10.4. The summed E-state index contributed by atoms with van der Waals surface area (Å²) >= 11 is 5.89. The predicted molar refractivity (Wildman–Crippen MR) is 108 cm³/mol. The molecule has 1 fully saturated rings. The Morgan fingerprint density at radius 3 is 2.77 bits per heavy atom.